The first-order valence-corrected chi connectivity index (χ1v) is 11.2. The van der Waals surface area contributed by atoms with Crippen LogP contribution in [0.15, 0.2) is 24.1 Å². The molecule has 1 fully saturated rings. The van der Waals surface area contributed by atoms with Gasteiger partial charge in [-0.1, -0.05) is 0 Å². The van der Waals surface area contributed by atoms with E-state index in [4.69, 9.17) is 0 Å². The molecule has 0 unspecified atom stereocenters. The van der Waals surface area contributed by atoms with Crippen molar-refractivity contribution < 1.29 is 9.59 Å². The number of carbonyl (C=O) groups excluding carboxylic acids is 2. The van der Waals surface area contributed by atoms with Crippen molar-refractivity contribution in [2.24, 2.45) is 7.05 Å². The van der Waals surface area contributed by atoms with Gasteiger partial charge in [-0.3, -0.25) is 14.6 Å². The molecule has 3 aromatic heterocycles. The number of carbonyl (C=O) groups is 2. The maximum Gasteiger partial charge on any atom is 0.271 e. The summed E-state index contributed by atoms with van der Waals surface area (Å²) in [5, 5.41) is 0.850. The fourth-order valence-electron chi connectivity index (χ4n) is 4.18. The highest BCUT2D eigenvalue weighted by molar-refractivity contribution is 7.09. The van der Waals surface area contributed by atoms with Crippen molar-refractivity contribution in [2.45, 2.75) is 32.4 Å². The van der Waals surface area contributed by atoms with Gasteiger partial charge in [-0.2, -0.15) is 0 Å². The van der Waals surface area contributed by atoms with Crippen LogP contribution >= 0.6 is 11.3 Å². The van der Waals surface area contributed by atoms with Gasteiger partial charge in [-0.15, -0.1) is 11.3 Å². The van der Waals surface area contributed by atoms with Crippen LogP contribution in [0.2, 0.25) is 0 Å². The molecule has 0 aliphatic carbocycles. The van der Waals surface area contributed by atoms with Crippen LogP contribution in [-0.2, 0) is 18.4 Å². The molecule has 2 amide bonds. The Hall–Kier alpha value is -3.01. The molecule has 4 heterocycles. The van der Waals surface area contributed by atoms with Crippen LogP contribution in [-0.4, -0.2) is 74.4 Å². The van der Waals surface area contributed by atoms with E-state index in [1.54, 1.807) is 23.8 Å². The Bertz CT molecular complexity index is 1080. The van der Waals surface area contributed by atoms with Gasteiger partial charge in [0, 0.05) is 58.3 Å². The zero-order valence-corrected chi connectivity index (χ0v) is 19.1. The zero-order chi connectivity index (χ0) is 22.1. The van der Waals surface area contributed by atoms with Crippen molar-refractivity contribution in [2.75, 3.05) is 32.1 Å². The monoisotopic (exact) mass is 441 g/mol. The molecular formula is C21H27N7O2S. The number of piperidine rings is 1. The van der Waals surface area contributed by atoms with Crippen LogP contribution in [0.4, 0.5) is 5.82 Å². The number of anilines is 1. The number of hydrogen-bond donors (Lipinski definition) is 0. The van der Waals surface area contributed by atoms with E-state index in [0.29, 0.717) is 25.3 Å². The van der Waals surface area contributed by atoms with E-state index in [1.807, 2.05) is 52.7 Å². The summed E-state index contributed by atoms with van der Waals surface area (Å²) in [5.74, 6) is 0.825. The van der Waals surface area contributed by atoms with Crippen LogP contribution in [0.25, 0.3) is 11.0 Å². The molecule has 164 valence electrons. The fraction of sp³-hybridized carbons (Fsp3) is 0.476. The number of aryl methyl sites for hydroxylation is 1. The number of aromatic nitrogens is 4. The van der Waals surface area contributed by atoms with Gasteiger partial charge in [0.2, 0.25) is 5.91 Å². The Labute approximate surface area is 185 Å². The summed E-state index contributed by atoms with van der Waals surface area (Å²) in [4.78, 5) is 45.2. The number of likely N-dealkylation sites (tertiary alicyclic amines) is 1. The van der Waals surface area contributed by atoms with Gasteiger partial charge in [0.05, 0.1) is 17.4 Å². The summed E-state index contributed by atoms with van der Waals surface area (Å²) in [6, 6.07) is 1.94. The molecule has 1 aliphatic rings. The third-order valence-electron chi connectivity index (χ3n) is 5.87. The van der Waals surface area contributed by atoms with Gasteiger partial charge in [0.15, 0.2) is 0 Å². The summed E-state index contributed by atoms with van der Waals surface area (Å²) in [6.45, 7) is 3.43. The highest BCUT2D eigenvalue weighted by atomic mass is 32.1. The normalized spacial score (nSPS) is 14.8. The second-order valence-corrected chi connectivity index (χ2v) is 9.03. The highest BCUT2D eigenvalue weighted by Crippen LogP contribution is 2.28. The quantitative estimate of drug-likeness (QED) is 0.603. The first kappa shape index (κ1) is 21.2. The molecule has 31 heavy (non-hydrogen) atoms. The van der Waals surface area contributed by atoms with Crippen LogP contribution in [0.3, 0.4) is 0 Å². The summed E-state index contributed by atoms with van der Waals surface area (Å²) in [6.07, 6.45) is 4.86. The summed E-state index contributed by atoms with van der Waals surface area (Å²) < 4.78 is 1.84. The van der Waals surface area contributed by atoms with E-state index >= 15 is 0 Å². The van der Waals surface area contributed by atoms with Gasteiger partial charge in [-0.05, 0) is 18.9 Å². The summed E-state index contributed by atoms with van der Waals surface area (Å²) in [5.41, 5.74) is 3.09. The number of rotatable bonds is 5. The Morgan fingerprint density at radius 1 is 1.23 bits per heavy atom. The van der Waals surface area contributed by atoms with Crippen molar-refractivity contribution in [3.05, 3.63) is 34.7 Å². The lowest BCUT2D eigenvalue weighted by atomic mass is 10.0. The Morgan fingerprint density at radius 3 is 2.58 bits per heavy atom. The number of thiazole rings is 1. The van der Waals surface area contributed by atoms with Crippen molar-refractivity contribution in [3.63, 3.8) is 0 Å². The average molecular weight is 442 g/mol. The van der Waals surface area contributed by atoms with Crippen molar-refractivity contribution >= 4 is 40.0 Å². The van der Waals surface area contributed by atoms with E-state index < -0.39 is 0 Å². The molecule has 0 aromatic carbocycles. The molecule has 0 saturated carbocycles. The largest absolute Gasteiger partial charge is 0.362 e. The third-order valence-corrected chi connectivity index (χ3v) is 6.63. The average Bonchev–Trinajstić information content (AvgIpc) is 3.39. The molecule has 4 rings (SSSR count). The van der Waals surface area contributed by atoms with Crippen molar-refractivity contribution in [3.8, 4) is 0 Å². The minimum atomic E-state index is -0.0418. The molecule has 1 saturated heterocycles. The minimum absolute atomic E-state index is 0.0418. The predicted molar refractivity (Wildman–Crippen MR) is 120 cm³/mol. The number of amides is 2. The predicted octanol–water partition coefficient (Wildman–Crippen LogP) is 2.14. The molecule has 0 bridgehead atoms. The van der Waals surface area contributed by atoms with E-state index in [9.17, 15) is 9.59 Å². The number of nitrogens with zero attached hydrogens (tertiary/aromatic N) is 7. The van der Waals surface area contributed by atoms with E-state index in [0.717, 1.165) is 34.6 Å². The lowest BCUT2D eigenvalue weighted by Gasteiger charge is -2.38. The summed E-state index contributed by atoms with van der Waals surface area (Å²) >= 11 is 1.54. The maximum atomic E-state index is 13.8. The van der Waals surface area contributed by atoms with Gasteiger partial charge < -0.3 is 19.3 Å². The smallest absolute Gasteiger partial charge is 0.271 e. The molecule has 3 aromatic rings. The molecule has 0 atom stereocenters. The van der Waals surface area contributed by atoms with E-state index in [2.05, 4.69) is 15.0 Å². The Balaban J connectivity index is 1.68. The third kappa shape index (κ3) is 4.12. The second-order valence-electron chi connectivity index (χ2n) is 8.06. The minimum Gasteiger partial charge on any atom is -0.362 e. The van der Waals surface area contributed by atoms with Gasteiger partial charge in [0.25, 0.3) is 5.91 Å². The Kier molecular flexibility index (Phi) is 5.90. The summed E-state index contributed by atoms with van der Waals surface area (Å²) in [7, 11) is 5.72. The van der Waals surface area contributed by atoms with E-state index in [1.165, 1.54) is 6.33 Å². The molecule has 0 spiro atoms. The van der Waals surface area contributed by atoms with Crippen LogP contribution in [0, 0.1) is 0 Å². The van der Waals surface area contributed by atoms with E-state index in [-0.39, 0.29) is 17.9 Å². The lowest BCUT2D eigenvalue weighted by Crippen LogP contribution is -2.48. The lowest BCUT2D eigenvalue weighted by molar-refractivity contribution is -0.130. The SMILES string of the molecule is CC(=O)N1CCC(N(Cc2cncs2)C(=O)c2cc3c(N(C)C)ncnc3n2C)CC1. The van der Waals surface area contributed by atoms with Gasteiger partial charge in [0.1, 0.15) is 23.5 Å². The zero-order valence-electron chi connectivity index (χ0n) is 18.3. The molecule has 9 nitrogen and oxygen atoms in total. The molecular weight excluding hydrogens is 414 g/mol. The molecule has 0 radical (unpaired) electrons. The van der Waals surface area contributed by atoms with Gasteiger partial charge >= 0.3 is 0 Å². The second kappa shape index (κ2) is 8.62. The van der Waals surface area contributed by atoms with Crippen LogP contribution in [0.1, 0.15) is 35.1 Å². The van der Waals surface area contributed by atoms with Gasteiger partial charge in [-0.25, -0.2) is 9.97 Å². The Morgan fingerprint density at radius 2 is 1.97 bits per heavy atom. The van der Waals surface area contributed by atoms with Crippen LogP contribution < -0.4 is 4.90 Å². The number of hydrogen-bond acceptors (Lipinski definition) is 7. The highest BCUT2D eigenvalue weighted by Gasteiger charge is 2.31. The molecule has 10 heteroatoms. The first-order chi connectivity index (χ1) is 14.9. The standard InChI is InChI=1S/C21H27N7O2S/c1-14(29)27-7-5-15(6-8-27)28(11-16-10-22-13-31-16)21(30)18-9-17-19(25(2)3)23-12-24-20(17)26(18)4/h9-10,12-13,15H,5-8,11H2,1-4H3. The van der Waals surface area contributed by atoms with Crippen LogP contribution in [0.5, 0.6) is 0 Å². The molecule has 0 N–H and O–H groups in total. The van der Waals surface area contributed by atoms with Crippen molar-refractivity contribution in [1.82, 2.24) is 29.3 Å². The number of fused-ring (bicyclic) bond motifs is 1. The molecule has 1 aliphatic heterocycles. The fourth-order valence-corrected chi connectivity index (χ4v) is 4.77. The topological polar surface area (TPSA) is 87.5 Å². The first-order valence-electron chi connectivity index (χ1n) is 10.3. The maximum absolute atomic E-state index is 13.8. The van der Waals surface area contributed by atoms with Crippen molar-refractivity contribution in [1.29, 1.82) is 0 Å².